The number of halogens is 1. The van der Waals surface area contributed by atoms with Gasteiger partial charge in [-0.05, 0) is 41.3 Å². The van der Waals surface area contributed by atoms with Crippen LogP contribution in [-0.4, -0.2) is 29.8 Å². The van der Waals surface area contributed by atoms with Crippen LogP contribution in [0.2, 0.25) is 0 Å². The number of hydrogen-bond acceptors (Lipinski definition) is 2. The average molecular weight is 350 g/mol. The van der Waals surface area contributed by atoms with Crippen LogP contribution in [-0.2, 0) is 4.79 Å². The Hall–Kier alpha value is -2.95. The third-order valence-corrected chi connectivity index (χ3v) is 5.04. The van der Waals surface area contributed by atoms with Crippen LogP contribution in [0.15, 0.2) is 54.6 Å². The first kappa shape index (κ1) is 16.5. The fraction of sp³-hybridized carbons (Fsp3) is 0.238. The van der Waals surface area contributed by atoms with Crippen LogP contribution in [0, 0.1) is 5.82 Å². The van der Waals surface area contributed by atoms with Crippen LogP contribution < -0.4 is 5.32 Å². The molecule has 2 aliphatic heterocycles. The zero-order valence-corrected chi connectivity index (χ0v) is 14.2. The normalized spacial score (nSPS) is 19.0. The van der Waals surface area contributed by atoms with Gasteiger partial charge in [-0.2, -0.15) is 0 Å². The fourth-order valence-corrected chi connectivity index (χ4v) is 3.61. The summed E-state index contributed by atoms with van der Waals surface area (Å²) < 4.78 is 13.0. The SMILES string of the molecule is O=C1NC(CC(=O)N2CC=C(c3ccc(F)cc3)CC2)c2ccccc21. The Morgan fingerprint density at radius 2 is 1.92 bits per heavy atom. The Morgan fingerprint density at radius 1 is 1.15 bits per heavy atom. The predicted molar refractivity (Wildman–Crippen MR) is 96.8 cm³/mol. The van der Waals surface area contributed by atoms with Gasteiger partial charge in [-0.1, -0.05) is 36.4 Å². The van der Waals surface area contributed by atoms with Crippen LogP contribution in [0.1, 0.15) is 40.4 Å². The van der Waals surface area contributed by atoms with Crippen molar-refractivity contribution in [1.82, 2.24) is 10.2 Å². The Kier molecular flexibility index (Phi) is 4.29. The highest BCUT2D eigenvalue weighted by molar-refractivity contribution is 5.99. The van der Waals surface area contributed by atoms with E-state index in [9.17, 15) is 14.0 Å². The molecule has 0 bridgehead atoms. The van der Waals surface area contributed by atoms with Gasteiger partial charge in [-0.15, -0.1) is 0 Å². The molecule has 4 nitrogen and oxygen atoms in total. The Bertz CT molecular complexity index is 889. The maximum absolute atomic E-state index is 13.0. The summed E-state index contributed by atoms with van der Waals surface area (Å²) >= 11 is 0. The summed E-state index contributed by atoms with van der Waals surface area (Å²) in [5, 5.41) is 2.89. The molecule has 132 valence electrons. The topological polar surface area (TPSA) is 49.4 Å². The molecule has 2 amide bonds. The molecule has 1 N–H and O–H groups in total. The lowest BCUT2D eigenvalue weighted by Gasteiger charge is -2.28. The number of fused-ring (bicyclic) bond motifs is 1. The van der Waals surface area contributed by atoms with E-state index in [1.807, 2.05) is 24.3 Å². The van der Waals surface area contributed by atoms with Crippen molar-refractivity contribution >= 4 is 17.4 Å². The van der Waals surface area contributed by atoms with Crippen LogP contribution >= 0.6 is 0 Å². The maximum atomic E-state index is 13.0. The summed E-state index contributed by atoms with van der Waals surface area (Å²) in [4.78, 5) is 26.4. The largest absolute Gasteiger partial charge is 0.345 e. The van der Waals surface area contributed by atoms with E-state index in [-0.39, 0.29) is 30.1 Å². The van der Waals surface area contributed by atoms with E-state index in [1.54, 1.807) is 23.1 Å². The van der Waals surface area contributed by atoms with Crippen LogP contribution in [0.4, 0.5) is 4.39 Å². The number of benzene rings is 2. The molecule has 0 saturated heterocycles. The van der Waals surface area contributed by atoms with Gasteiger partial charge in [0, 0.05) is 18.7 Å². The van der Waals surface area contributed by atoms with Gasteiger partial charge in [0.15, 0.2) is 0 Å². The van der Waals surface area contributed by atoms with E-state index in [2.05, 4.69) is 5.32 Å². The van der Waals surface area contributed by atoms with E-state index in [0.29, 0.717) is 18.7 Å². The van der Waals surface area contributed by atoms with Crippen LogP contribution in [0.3, 0.4) is 0 Å². The summed E-state index contributed by atoms with van der Waals surface area (Å²) in [5.74, 6) is -0.335. The van der Waals surface area contributed by atoms with Crippen LogP contribution in [0.25, 0.3) is 5.57 Å². The molecule has 1 atom stereocenters. The molecule has 0 aliphatic carbocycles. The Balaban J connectivity index is 1.41. The maximum Gasteiger partial charge on any atom is 0.252 e. The molecule has 0 spiro atoms. The summed E-state index contributed by atoms with van der Waals surface area (Å²) in [6.07, 6.45) is 3.03. The third-order valence-electron chi connectivity index (χ3n) is 5.04. The highest BCUT2D eigenvalue weighted by Gasteiger charge is 2.31. The molecule has 2 aliphatic rings. The Morgan fingerprint density at radius 3 is 2.65 bits per heavy atom. The van der Waals surface area contributed by atoms with Gasteiger partial charge >= 0.3 is 0 Å². The lowest BCUT2D eigenvalue weighted by Crippen LogP contribution is -2.36. The second kappa shape index (κ2) is 6.75. The number of amides is 2. The second-order valence-electron chi connectivity index (χ2n) is 6.64. The smallest absolute Gasteiger partial charge is 0.252 e. The molecule has 0 saturated carbocycles. The number of nitrogens with one attached hydrogen (secondary N) is 1. The summed E-state index contributed by atoms with van der Waals surface area (Å²) in [5.41, 5.74) is 3.68. The molecule has 5 heteroatoms. The first-order chi connectivity index (χ1) is 12.6. The standard InChI is InChI=1S/C21H19FN2O2/c22-16-7-5-14(6-8-16)15-9-11-24(12-10-15)20(25)13-19-17-3-1-2-4-18(17)21(26)23-19/h1-9,19H,10-13H2,(H,23,26). The number of carbonyl (C=O) groups excluding carboxylic acids is 2. The molecular formula is C21H19FN2O2. The van der Waals surface area contributed by atoms with Crippen molar-refractivity contribution in [2.24, 2.45) is 0 Å². The number of hydrogen-bond donors (Lipinski definition) is 1. The van der Waals surface area contributed by atoms with Gasteiger partial charge in [0.1, 0.15) is 5.82 Å². The van der Waals surface area contributed by atoms with Crippen molar-refractivity contribution in [3.63, 3.8) is 0 Å². The van der Waals surface area contributed by atoms with E-state index in [0.717, 1.165) is 23.1 Å². The average Bonchev–Trinajstić information content (AvgIpc) is 2.98. The monoisotopic (exact) mass is 350 g/mol. The fourth-order valence-electron chi connectivity index (χ4n) is 3.61. The summed E-state index contributed by atoms with van der Waals surface area (Å²) in [7, 11) is 0. The highest BCUT2D eigenvalue weighted by Crippen LogP contribution is 2.29. The lowest BCUT2D eigenvalue weighted by atomic mass is 9.98. The van der Waals surface area contributed by atoms with Crippen molar-refractivity contribution in [2.45, 2.75) is 18.9 Å². The van der Waals surface area contributed by atoms with Gasteiger partial charge in [-0.25, -0.2) is 4.39 Å². The van der Waals surface area contributed by atoms with E-state index >= 15 is 0 Å². The molecule has 2 aromatic carbocycles. The minimum absolute atomic E-state index is 0.0291. The zero-order chi connectivity index (χ0) is 18.1. The molecule has 4 rings (SSSR count). The van der Waals surface area contributed by atoms with Gasteiger partial charge in [-0.3, -0.25) is 9.59 Å². The summed E-state index contributed by atoms with van der Waals surface area (Å²) in [6.45, 7) is 1.16. The van der Waals surface area contributed by atoms with Gasteiger partial charge < -0.3 is 10.2 Å². The molecule has 2 aromatic rings. The van der Waals surface area contributed by atoms with Crippen molar-refractivity contribution in [3.8, 4) is 0 Å². The van der Waals surface area contributed by atoms with Crippen molar-refractivity contribution in [1.29, 1.82) is 0 Å². The first-order valence-corrected chi connectivity index (χ1v) is 8.74. The molecular weight excluding hydrogens is 331 g/mol. The molecule has 26 heavy (non-hydrogen) atoms. The lowest BCUT2D eigenvalue weighted by molar-refractivity contribution is -0.131. The third kappa shape index (κ3) is 3.12. The molecule has 0 fully saturated rings. The van der Waals surface area contributed by atoms with Crippen molar-refractivity contribution < 1.29 is 14.0 Å². The minimum atomic E-state index is -0.256. The van der Waals surface area contributed by atoms with Crippen LogP contribution in [0.5, 0.6) is 0 Å². The van der Waals surface area contributed by atoms with Crippen molar-refractivity contribution in [2.75, 3.05) is 13.1 Å². The van der Waals surface area contributed by atoms with E-state index < -0.39 is 0 Å². The van der Waals surface area contributed by atoms with Gasteiger partial charge in [0.05, 0.1) is 12.5 Å². The predicted octanol–water partition coefficient (Wildman–Crippen LogP) is 3.32. The van der Waals surface area contributed by atoms with E-state index in [4.69, 9.17) is 0 Å². The molecule has 2 heterocycles. The number of rotatable bonds is 3. The first-order valence-electron chi connectivity index (χ1n) is 8.74. The Labute approximate surface area is 151 Å². The quantitative estimate of drug-likeness (QED) is 0.923. The van der Waals surface area contributed by atoms with Gasteiger partial charge in [0.25, 0.3) is 5.91 Å². The minimum Gasteiger partial charge on any atom is -0.345 e. The second-order valence-corrected chi connectivity index (χ2v) is 6.64. The zero-order valence-electron chi connectivity index (χ0n) is 14.2. The molecule has 0 aromatic heterocycles. The van der Waals surface area contributed by atoms with E-state index in [1.165, 1.54) is 12.1 Å². The number of carbonyl (C=O) groups is 2. The highest BCUT2D eigenvalue weighted by atomic mass is 19.1. The molecule has 0 radical (unpaired) electrons. The summed E-state index contributed by atoms with van der Waals surface area (Å²) in [6, 6.07) is 13.6. The van der Waals surface area contributed by atoms with Crippen molar-refractivity contribution in [3.05, 3.63) is 77.1 Å². The molecule has 1 unspecified atom stereocenters. The van der Waals surface area contributed by atoms with Gasteiger partial charge in [0.2, 0.25) is 5.91 Å². The number of nitrogens with zero attached hydrogens (tertiary/aromatic N) is 1.